The highest BCUT2D eigenvalue weighted by molar-refractivity contribution is 7.88. The third-order valence-corrected chi connectivity index (χ3v) is 6.20. The number of carbonyl (C=O) groups is 1. The number of nitrogens with zero attached hydrogens (tertiary/aromatic N) is 4. The Morgan fingerprint density at radius 1 is 1.19 bits per heavy atom. The van der Waals surface area contributed by atoms with Crippen molar-refractivity contribution < 1.29 is 17.9 Å². The van der Waals surface area contributed by atoms with Gasteiger partial charge in [-0.3, -0.25) is 4.79 Å². The molecule has 3 aromatic rings. The molecule has 0 saturated heterocycles. The van der Waals surface area contributed by atoms with E-state index in [-0.39, 0.29) is 34.8 Å². The first kappa shape index (κ1) is 23.6. The Morgan fingerprint density at radius 3 is 2.47 bits per heavy atom. The second kappa shape index (κ2) is 10.1. The number of benzene rings is 2. The predicted octanol–water partition coefficient (Wildman–Crippen LogP) is 2.08. The van der Waals surface area contributed by atoms with Gasteiger partial charge in [0, 0.05) is 18.7 Å². The molecule has 0 spiro atoms. The van der Waals surface area contributed by atoms with E-state index in [9.17, 15) is 13.2 Å². The summed E-state index contributed by atoms with van der Waals surface area (Å²) in [7, 11) is -1.95. The fourth-order valence-electron chi connectivity index (χ4n) is 2.99. The molecule has 0 radical (unpaired) electrons. The molecule has 0 atom stereocenters. The quantitative estimate of drug-likeness (QED) is 0.481. The van der Waals surface area contributed by atoms with Gasteiger partial charge in [0.2, 0.25) is 10.0 Å². The first-order chi connectivity index (χ1) is 15.2. The Bertz CT molecular complexity index is 1180. The topological polar surface area (TPSA) is 128 Å². The summed E-state index contributed by atoms with van der Waals surface area (Å²) >= 11 is 6.31. The molecule has 1 amide bonds. The lowest BCUT2D eigenvalue weighted by molar-refractivity contribution is 0.0948. The number of hydrogen-bond acceptors (Lipinski definition) is 7. The van der Waals surface area contributed by atoms with E-state index in [4.69, 9.17) is 16.3 Å². The predicted molar refractivity (Wildman–Crippen MR) is 119 cm³/mol. The molecule has 10 nitrogen and oxygen atoms in total. The van der Waals surface area contributed by atoms with E-state index < -0.39 is 10.0 Å². The number of rotatable bonds is 9. The molecule has 1 heterocycles. The van der Waals surface area contributed by atoms with Gasteiger partial charge in [-0.1, -0.05) is 35.9 Å². The summed E-state index contributed by atoms with van der Waals surface area (Å²) in [6, 6.07) is 9.88. The van der Waals surface area contributed by atoms with E-state index in [1.165, 1.54) is 24.2 Å². The average Bonchev–Trinajstić information content (AvgIpc) is 3.26. The van der Waals surface area contributed by atoms with Crippen LogP contribution >= 0.6 is 11.6 Å². The minimum Gasteiger partial charge on any atom is -0.496 e. The fraction of sp³-hybridized carbons (Fsp3) is 0.300. The number of sulfonamides is 1. The van der Waals surface area contributed by atoms with Crippen molar-refractivity contribution in [3.8, 4) is 11.4 Å². The number of hydrogen-bond donors (Lipinski definition) is 2. The maximum Gasteiger partial charge on any atom is 0.255 e. The Morgan fingerprint density at radius 2 is 1.88 bits per heavy atom. The second-order valence-corrected chi connectivity index (χ2v) is 9.45. The second-order valence-electron chi connectivity index (χ2n) is 7.29. The van der Waals surface area contributed by atoms with Crippen molar-refractivity contribution in [2.24, 2.45) is 0 Å². The van der Waals surface area contributed by atoms with Gasteiger partial charge in [-0.2, -0.15) is 4.68 Å². The molecule has 2 N–H and O–H groups in total. The normalized spacial score (nSPS) is 11.5. The third-order valence-electron chi connectivity index (χ3n) is 4.36. The molecular weight excluding hydrogens is 456 g/mol. The van der Waals surface area contributed by atoms with E-state index in [2.05, 4.69) is 25.6 Å². The molecule has 3 rings (SSSR count). The monoisotopic (exact) mass is 478 g/mol. The van der Waals surface area contributed by atoms with Crippen molar-refractivity contribution in [2.45, 2.75) is 32.2 Å². The van der Waals surface area contributed by atoms with E-state index in [0.717, 1.165) is 5.56 Å². The van der Waals surface area contributed by atoms with Crippen molar-refractivity contribution in [1.29, 1.82) is 0 Å². The molecule has 1 aromatic heterocycles. The van der Waals surface area contributed by atoms with Crippen LogP contribution in [-0.4, -0.2) is 47.7 Å². The number of nitrogens with one attached hydrogen (secondary N) is 2. The Labute approximate surface area is 191 Å². The first-order valence-corrected chi connectivity index (χ1v) is 11.7. The van der Waals surface area contributed by atoms with Crippen molar-refractivity contribution in [3.05, 3.63) is 64.4 Å². The zero-order valence-electron chi connectivity index (χ0n) is 17.7. The number of halogens is 1. The Kier molecular flexibility index (Phi) is 7.44. The van der Waals surface area contributed by atoms with Crippen LogP contribution in [0.1, 0.15) is 35.3 Å². The van der Waals surface area contributed by atoms with E-state index >= 15 is 0 Å². The maximum atomic E-state index is 12.7. The van der Waals surface area contributed by atoms with Crippen molar-refractivity contribution >= 4 is 27.5 Å². The van der Waals surface area contributed by atoms with Crippen LogP contribution < -0.4 is 14.8 Å². The van der Waals surface area contributed by atoms with Gasteiger partial charge < -0.3 is 10.1 Å². The zero-order chi connectivity index (χ0) is 23.3. The van der Waals surface area contributed by atoms with Crippen LogP contribution in [-0.2, 0) is 22.3 Å². The summed E-state index contributed by atoms with van der Waals surface area (Å²) in [5.74, 6) is -0.170. The van der Waals surface area contributed by atoms with Crippen LogP contribution in [0.5, 0.6) is 5.75 Å². The molecule has 0 bridgehead atoms. The number of carbonyl (C=O) groups excluding carboxylic acids is 1. The van der Waals surface area contributed by atoms with Gasteiger partial charge in [-0.25, -0.2) is 13.1 Å². The van der Waals surface area contributed by atoms with Crippen LogP contribution in [0.2, 0.25) is 5.02 Å². The summed E-state index contributed by atoms with van der Waals surface area (Å²) < 4.78 is 33.4. The van der Waals surface area contributed by atoms with Crippen LogP contribution in [0, 0.1) is 0 Å². The zero-order valence-corrected chi connectivity index (χ0v) is 19.3. The number of tetrazole rings is 1. The van der Waals surface area contributed by atoms with E-state index in [0.29, 0.717) is 17.0 Å². The third kappa shape index (κ3) is 6.02. The van der Waals surface area contributed by atoms with E-state index in [1.54, 1.807) is 44.2 Å². The average molecular weight is 479 g/mol. The summed E-state index contributed by atoms with van der Waals surface area (Å²) in [6.45, 7) is 3.78. The summed E-state index contributed by atoms with van der Waals surface area (Å²) in [4.78, 5) is 12.7. The van der Waals surface area contributed by atoms with Crippen LogP contribution in [0.3, 0.4) is 0 Å². The number of ether oxygens (including phenoxy) is 1. The highest BCUT2D eigenvalue weighted by atomic mass is 35.5. The molecule has 0 fully saturated rings. The Balaban J connectivity index is 1.67. The van der Waals surface area contributed by atoms with Crippen molar-refractivity contribution in [3.63, 3.8) is 0 Å². The van der Waals surface area contributed by atoms with Gasteiger partial charge >= 0.3 is 0 Å². The molecule has 0 aliphatic rings. The maximum absolute atomic E-state index is 12.7. The van der Waals surface area contributed by atoms with Crippen LogP contribution in [0.4, 0.5) is 0 Å². The highest BCUT2D eigenvalue weighted by Crippen LogP contribution is 2.29. The lowest BCUT2D eigenvalue weighted by atomic mass is 10.1. The fourth-order valence-corrected chi connectivity index (χ4v) is 4.67. The van der Waals surface area contributed by atoms with Crippen molar-refractivity contribution in [1.82, 2.24) is 30.2 Å². The first-order valence-electron chi connectivity index (χ1n) is 9.65. The van der Waals surface area contributed by atoms with Crippen LogP contribution in [0.15, 0.2) is 42.7 Å². The molecule has 0 aliphatic heterocycles. The van der Waals surface area contributed by atoms with Gasteiger partial charge in [-0.15, -0.1) is 5.10 Å². The molecular formula is C20H23ClN6O4S. The summed E-state index contributed by atoms with van der Waals surface area (Å²) in [5, 5.41) is 14.0. The lowest BCUT2D eigenvalue weighted by Gasteiger charge is -2.13. The molecule has 32 heavy (non-hydrogen) atoms. The number of methoxy groups -OCH3 is 1. The minimum atomic E-state index is -3.40. The minimum absolute atomic E-state index is 0.110. The molecule has 0 aliphatic carbocycles. The van der Waals surface area contributed by atoms with E-state index in [1.807, 2.05) is 0 Å². The number of aromatic nitrogens is 4. The highest BCUT2D eigenvalue weighted by Gasteiger charge is 2.18. The van der Waals surface area contributed by atoms with Crippen molar-refractivity contribution in [2.75, 3.05) is 7.11 Å². The summed E-state index contributed by atoms with van der Waals surface area (Å²) in [5.41, 5.74) is 2.20. The van der Waals surface area contributed by atoms with Gasteiger partial charge in [0.25, 0.3) is 5.91 Å². The van der Waals surface area contributed by atoms with Crippen LogP contribution in [0.25, 0.3) is 5.69 Å². The van der Waals surface area contributed by atoms with Gasteiger partial charge in [-0.05, 0) is 41.5 Å². The summed E-state index contributed by atoms with van der Waals surface area (Å²) in [6.07, 6.45) is 1.38. The SMILES string of the molecule is COc1cc(-n2cnnn2)c(Cl)cc1C(=O)NCc1ccc(CS(=O)(=O)NC(C)C)cc1. The smallest absolute Gasteiger partial charge is 0.255 e. The molecule has 0 unspecified atom stereocenters. The van der Waals surface area contributed by atoms with Gasteiger partial charge in [0.1, 0.15) is 12.1 Å². The van der Waals surface area contributed by atoms with Gasteiger partial charge in [0.05, 0.1) is 29.1 Å². The molecule has 2 aromatic carbocycles. The molecule has 170 valence electrons. The lowest BCUT2D eigenvalue weighted by Crippen LogP contribution is -2.31. The largest absolute Gasteiger partial charge is 0.496 e. The molecule has 12 heteroatoms. The number of amides is 1. The molecule has 0 saturated carbocycles. The standard InChI is InChI=1S/C20H23ClN6O4S/c1-13(2)24-32(29,30)11-15-6-4-14(5-7-15)10-22-20(28)16-8-17(21)18(9-19(16)31-3)27-12-23-25-26-27/h4-9,12-13,24H,10-11H2,1-3H3,(H,22,28). The Hall–Kier alpha value is -3.02. The van der Waals surface area contributed by atoms with Gasteiger partial charge in [0.15, 0.2) is 0 Å².